The summed E-state index contributed by atoms with van der Waals surface area (Å²) in [6.45, 7) is 6.31. The summed E-state index contributed by atoms with van der Waals surface area (Å²) in [4.78, 5) is 25.6. The van der Waals surface area contributed by atoms with Crippen LogP contribution in [0, 0.1) is 32.1 Å². The van der Waals surface area contributed by atoms with Gasteiger partial charge in [-0.05, 0) is 49.6 Å². The number of hydrogen-bond acceptors (Lipinski definition) is 3. The number of hydrogen-bond donors (Lipinski definition) is 1. The minimum Gasteiger partial charge on any atom is -0.355 e. The largest absolute Gasteiger partial charge is 0.355 e. The second-order valence-corrected chi connectivity index (χ2v) is 7.20. The summed E-state index contributed by atoms with van der Waals surface area (Å²) in [5.74, 6) is -0.453. The SMILES string of the molecule is CNC(=O)c1cc(-c2cccc(C)c2)n(Cc2ccc(C)cc2C)c(=O)c1C#N. The van der Waals surface area contributed by atoms with E-state index in [4.69, 9.17) is 0 Å². The zero-order chi connectivity index (χ0) is 21.1. The van der Waals surface area contributed by atoms with Crippen LogP contribution in [0.5, 0.6) is 0 Å². The fourth-order valence-electron chi connectivity index (χ4n) is 3.46. The summed E-state index contributed by atoms with van der Waals surface area (Å²) in [6.07, 6.45) is 0. The standard InChI is InChI=1S/C24H23N3O2/c1-15-6-5-7-18(11-15)22-12-20(23(28)26-4)21(13-25)24(29)27(22)14-19-9-8-16(2)10-17(19)3/h5-12H,14H2,1-4H3,(H,26,28). The van der Waals surface area contributed by atoms with Gasteiger partial charge in [-0.15, -0.1) is 0 Å². The van der Waals surface area contributed by atoms with Gasteiger partial charge >= 0.3 is 0 Å². The Morgan fingerprint density at radius 1 is 1.07 bits per heavy atom. The summed E-state index contributed by atoms with van der Waals surface area (Å²) in [6, 6.07) is 17.4. The molecule has 0 bridgehead atoms. The number of nitrogens with one attached hydrogen (secondary N) is 1. The number of aryl methyl sites for hydroxylation is 3. The molecule has 1 aromatic heterocycles. The first-order chi connectivity index (χ1) is 13.8. The first-order valence-electron chi connectivity index (χ1n) is 9.39. The van der Waals surface area contributed by atoms with Crippen LogP contribution in [0.4, 0.5) is 0 Å². The van der Waals surface area contributed by atoms with Crippen LogP contribution in [0.1, 0.15) is 38.2 Å². The van der Waals surface area contributed by atoms with E-state index in [0.717, 1.165) is 27.8 Å². The maximum absolute atomic E-state index is 13.3. The van der Waals surface area contributed by atoms with Gasteiger partial charge in [-0.3, -0.25) is 9.59 Å². The number of carbonyl (C=O) groups is 1. The minimum absolute atomic E-state index is 0.0911. The van der Waals surface area contributed by atoms with E-state index in [1.54, 1.807) is 10.6 Å². The average molecular weight is 385 g/mol. The molecule has 1 heterocycles. The molecule has 0 radical (unpaired) electrons. The third kappa shape index (κ3) is 3.97. The van der Waals surface area contributed by atoms with Crippen molar-refractivity contribution in [3.8, 4) is 17.3 Å². The van der Waals surface area contributed by atoms with E-state index in [0.29, 0.717) is 12.2 Å². The zero-order valence-electron chi connectivity index (χ0n) is 17.0. The number of benzene rings is 2. The molecule has 0 aliphatic carbocycles. The Hall–Kier alpha value is -3.65. The van der Waals surface area contributed by atoms with E-state index in [1.807, 2.05) is 63.2 Å². The van der Waals surface area contributed by atoms with Crippen LogP contribution in [0.25, 0.3) is 11.3 Å². The van der Waals surface area contributed by atoms with E-state index in [2.05, 4.69) is 11.4 Å². The maximum Gasteiger partial charge on any atom is 0.270 e. The van der Waals surface area contributed by atoms with E-state index < -0.39 is 11.5 Å². The Balaban J connectivity index is 2.31. The van der Waals surface area contributed by atoms with Gasteiger partial charge in [0.15, 0.2) is 0 Å². The predicted molar refractivity (Wildman–Crippen MR) is 114 cm³/mol. The van der Waals surface area contributed by atoms with E-state index in [1.165, 1.54) is 7.05 Å². The van der Waals surface area contributed by atoms with Crippen LogP contribution in [0.15, 0.2) is 53.3 Å². The highest BCUT2D eigenvalue weighted by molar-refractivity contribution is 5.97. The normalized spacial score (nSPS) is 10.4. The van der Waals surface area contributed by atoms with Gasteiger partial charge in [-0.2, -0.15) is 5.26 Å². The lowest BCUT2D eigenvalue weighted by Crippen LogP contribution is -2.30. The smallest absolute Gasteiger partial charge is 0.270 e. The molecular weight excluding hydrogens is 362 g/mol. The monoisotopic (exact) mass is 385 g/mol. The Morgan fingerprint density at radius 2 is 1.79 bits per heavy atom. The molecule has 5 heteroatoms. The number of nitriles is 1. The van der Waals surface area contributed by atoms with Crippen molar-refractivity contribution in [3.63, 3.8) is 0 Å². The van der Waals surface area contributed by atoms with Crippen molar-refractivity contribution in [2.24, 2.45) is 0 Å². The lowest BCUT2D eigenvalue weighted by atomic mass is 10.0. The molecule has 0 aliphatic rings. The molecule has 1 N–H and O–H groups in total. The van der Waals surface area contributed by atoms with Gasteiger partial charge < -0.3 is 9.88 Å². The second-order valence-electron chi connectivity index (χ2n) is 7.20. The number of rotatable bonds is 4. The second kappa shape index (κ2) is 8.15. The van der Waals surface area contributed by atoms with Gasteiger partial charge in [0.05, 0.1) is 17.8 Å². The minimum atomic E-state index is -0.468. The van der Waals surface area contributed by atoms with Crippen LogP contribution in [0.2, 0.25) is 0 Å². The van der Waals surface area contributed by atoms with E-state index in [9.17, 15) is 14.9 Å². The fraction of sp³-hybridized carbons (Fsp3) is 0.208. The molecule has 0 aliphatic heterocycles. The molecule has 0 saturated carbocycles. The van der Waals surface area contributed by atoms with E-state index in [-0.39, 0.29) is 11.1 Å². The highest BCUT2D eigenvalue weighted by Crippen LogP contribution is 2.24. The molecule has 0 atom stereocenters. The van der Waals surface area contributed by atoms with Crippen molar-refractivity contribution in [1.82, 2.24) is 9.88 Å². The van der Waals surface area contributed by atoms with Crippen molar-refractivity contribution < 1.29 is 4.79 Å². The Bertz CT molecular complexity index is 1200. The molecular formula is C24H23N3O2. The number of aromatic nitrogens is 1. The van der Waals surface area contributed by atoms with Gasteiger partial charge in [0.2, 0.25) is 0 Å². The number of amides is 1. The molecule has 3 aromatic rings. The summed E-state index contributed by atoms with van der Waals surface area (Å²) in [5, 5.41) is 12.1. The van der Waals surface area contributed by atoms with Gasteiger partial charge in [-0.1, -0.05) is 47.5 Å². The van der Waals surface area contributed by atoms with Crippen LogP contribution in [-0.2, 0) is 6.54 Å². The average Bonchev–Trinajstić information content (AvgIpc) is 2.70. The highest BCUT2D eigenvalue weighted by Gasteiger charge is 2.20. The van der Waals surface area contributed by atoms with Crippen LogP contribution < -0.4 is 10.9 Å². The summed E-state index contributed by atoms with van der Waals surface area (Å²) >= 11 is 0. The van der Waals surface area contributed by atoms with Gasteiger partial charge in [0.25, 0.3) is 11.5 Å². The number of carbonyl (C=O) groups excluding carboxylic acids is 1. The summed E-state index contributed by atoms with van der Waals surface area (Å²) in [5.41, 5.74) is 5.15. The fourth-order valence-corrected chi connectivity index (χ4v) is 3.46. The lowest BCUT2D eigenvalue weighted by molar-refractivity contribution is 0.0962. The van der Waals surface area contributed by atoms with Crippen LogP contribution in [0.3, 0.4) is 0 Å². The van der Waals surface area contributed by atoms with Gasteiger partial charge in [0.1, 0.15) is 11.6 Å². The molecule has 5 nitrogen and oxygen atoms in total. The van der Waals surface area contributed by atoms with Crippen molar-refractivity contribution in [1.29, 1.82) is 5.26 Å². The number of pyridine rings is 1. The zero-order valence-corrected chi connectivity index (χ0v) is 17.0. The topological polar surface area (TPSA) is 74.9 Å². The molecule has 0 saturated heterocycles. The molecule has 29 heavy (non-hydrogen) atoms. The Labute approximate surface area is 170 Å². The Morgan fingerprint density at radius 3 is 2.41 bits per heavy atom. The molecule has 0 unspecified atom stereocenters. The van der Waals surface area contributed by atoms with Crippen LogP contribution in [-0.4, -0.2) is 17.5 Å². The predicted octanol–water partition coefficient (Wildman–Crippen LogP) is 3.72. The highest BCUT2D eigenvalue weighted by atomic mass is 16.2. The molecule has 3 rings (SSSR count). The summed E-state index contributed by atoms with van der Waals surface area (Å²) < 4.78 is 1.58. The van der Waals surface area contributed by atoms with Gasteiger partial charge in [0, 0.05) is 7.05 Å². The van der Waals surface area contributed by atoms with Crippen LogP contribution >= 0.6 is 0 Å². The third-order valence-electron chi connectivity index (χ3n) is 5.02. The van der Waals surface area contributed by atoms with Crippen molar-refractivity contribution in [2.75, 3.05) is 7.05 Å². The van der Waals surface area contributed by atoms with E-state index >= 15 is 0 Å². The lowest BCUT2D eigenvalue weighted by Gasteiger charge is -2.17. The quantitative estimate of drug-likeness (QED) is 0.744. The van der Waals surface area contributed by atoms with Gasteiger partial charge in [-0.25, -0.2) is 0 Å². The molecule has 0 spiro atoms. The Kier molecular flexibility index (Phi) is 5.65. The molecule has 2 aromatic carbocycles. The van der Waals surface area contributed by atoms with Crippen molar-refractivity contribution in [3.05, 3.63) is 92.3 Å². The van der Waals surface area contributed by atoms with Crippen molar-refractivity contribution in [2.45, 2.75) is 27.3 Å². The van der Waals surface area contributed by atoms with Crippen molar-refractivity contribution >= 4 is 5.91 Å². The number of nitrogens with zero attached hydrogens (tertiary/aromatic N) is 2. The first kappa shape index (κ1) is 20.1. The molecule has 0 fully saturated rings. The first-order valence-corrected chi connectivity index (χ1v) is 9.39. The molecule has 1 amide bonds. The molecule has 146 valence electrons. The summed E-state index contributed by atoms with van der Waals surface area (Å²) in [7, 11) is 1.48. The third-order valence-corrected chi connectivity index (χ3v) is 5.02. The maximum atomic E-state index is 13.3.